The lowest BCUT2D eigenvalue weighted by Gasteiger charge is -2.19. The highest BCUT2D eigenvalue weighted by Crippen LogP contribution is 2.36. The maximum Gasteiger partial charge on any atom is 0.306 e. The van der Waals surface area contributed by atoms with E-state index in [1.165, 1.54) is 161 Å². The Labute approximate surface area is 299 Å². The maximum absolute atomic E-state index is 12.6. The topological polar surface area (TPSA) is 66.0 Å². The van der Waals surface area contributed by atoms with Crippen LogP contribution in [0, 0.1) is 0 Å². The zero-order chi connectivity index (χ0) is 34.4. The molecule has 282 valence electrons. The number of hydrogen-bond donors (Lipinski definition) is 1. The molecule has 2 unspecified atom stereocenters. The molecule has 1 rings (SSSR count). The lowest BCUT2D eigenvalue weighted by Crippen LogP contribution is -2.27. The van der Waals surface area contributed by atoms with Crippen LogP contribution in [0.3, 0.4) is 0 Å². The van der Waals surface area contributed by atoms with Crippen LogP contribution in [0.4, 0.5) is 0 Å². The van der Waals surface area contributed by atoms with E-state index in [4.69, 9.17) is 18.5 Å². The van der Waals surface area contributed by atoms with Gasteiger partial charge in [-0.1, -0.05) is 161 Å². The molecule has 2 atom stereocenters. The second-order valence-corrected chi connectivity index (χ2v) is 15.2. The monoisotopic (exact) mass is 696 g/mol. The minimum Gasteiger partial charge on any atom is -0.498 e. The summed E-state index contributed by atoms with van der Waals surface area (Å²) in [5.41, 5.74) is 0. The molecule has 0 amide bonds. The molecule has 1 aliphatic heterocycles. The van der Waals surface area contributed by atoms with Crippen molar-refractivity contribution in [3.8, 4) is 0 Å². The molecule has 1 aliphatic rings. The Morgan fingerprint density at radius 3 is 1.56 bits per heavy atom. The zero-order valence-electron chi connectivity index (χ0n) is 31.7. The fraction of sp³-hybridized carbons (Fsp3) is 0.878. The lowest BCUT2D eigenvalue weighted by atomic mass is 10.0. The Morgan fingerprint density at radius 2 is 1.08 bits per heavy atom. The Balaban J connectivity index is 2.05. The number of ether oxygens (including phenoxy) is 2. The van der Waals surface area contributed by atoms with Crippen LogP contribution in [-0.2, 0) is 23.3 Å². The van der Waals surface area contributed by atoms with Crippen LogP contribution in [0.15, 0.2) is 24.5 Å². The molecule has 0 aromatic carbocycles. The van der Waals surface area contributed by atoms with E-state index in [2.05, 4.69) is 37.2 Å². The fourth-order valence-corrected chi connectivity index (χ4v) is 7.09. The Hall–Kier alpha value is -0.940. The molecule has 1 heterocycles. The predicted molar refractivity (Wildman–Crippen MR) is 206 cm³/mol. The van der Waals surface area contributed by atoms with E-state index >= 15 is 0 Å². The number of rotatable bonds is 37. The first-order valence-electron chi connectivity index (χ1n) is 20.7. The number of carbonyl (C=O) groups is 1. The molecular weight excluding hydrogens is 617 g/mol. The first-order chi connectivity index (χ1) is 23.8. The van der Waals surface area contributed by atoms with Gasteiger partial charge in [-0.25, -0.2) is 5.09 Å². The summed E-state index contributed by atoms with van der Waals surface area (Å²) in [6.07, 6.45) is 45.1. The van der Waals surface area contributed by atoms with Gasteiger partial charge in [0.1, 0.15) is 6.61 Å². The summed E-state index contributed by atoms with van der Waals surface area (Å²) in [5, 5.41) is 3.20. The van der Waals surface area contributed by atoms with Crippen molar-refractivity contribution < 1.29 is 23.3 Å². The highest BCUT2D eigenvalue weighted by Gasteiger charge is 2.21. The smallest absolute Gasteiger partial charge is 0.306 e. The molecular formula is C41H78NO5P. The molecule has 6 nitrogen and oxygen atoms in total. The zero-order valence-corrected chi connectivity index (χ0v) is 32.6. The molecule has 0 aromatic heterocycles. The minimum absolute atomic E-state index is 0.163. The molecule has 1 saturated heterocycles. The van der Waals surface area contributed by atoms with Crippen molar-refractivity contribution in [3.05, 3.63) is 24.5 Å². The van der Waals surface area contributed by atoms with Crippen LogP contribution in [0.2, 0.25) is 0 Å². The normalized spacial score (nSPS) is 15.6. The number of allylic oxidation sites excluding steroid dienone is 3. The third-order valence-electron chi connectivity index (χ3n) is 9.07. The summed E-state index contributed by atoms with van der Waals surface area (Å²) >= 11 is 0. The second kappa shape index (κ2) is 37.3. The van der Waals surface area contributed by atoms with E-state index in [1.807, 2.05) is 0 Å². The van der Waals surface area contributed by atoms with Gasteiger partial charge in [-0.3, -0.25) is 4.79 Å². The van der Waals surface area contributed by atoms with Gasteiger partial charge < -0.3 is 18.5 Å². The number of nitrogens with one attached hydrogen (secondary N) is 1. The van der Waals surface area contributed by atoms with E-state index in [0.717, 1.165) is 25.8 Å². The number of carbonyl (C=O) groups excluding carboxylic acids is 1. The summed E-state index contributed by atoms with van der Waals surface area (Å²) in [4.78, 5) is 12.6. The molecule has 0 aromatic rings. The summed E-state index contributed by atoms with van der Waals surface area (Å²) in [6.45, 7) is 6.59. The van der Waals surface area contributed by atoms with Crippen LogP contribution >= 0.6 is 8.53 Å². The van der Waals surface area contributed by atoms with Crippen molar-refractivity contribution in [3.63, 3.8) is 0 Å². The number of unbranched alkanes of at least 4 members (excludes halogenated alkanes) is 25. The first kappa shape index (κ1) is 45.1. The highest BCUT2D eigenvalue weighted by molar-refractivity contribution is 7.45. The molecule has 0 spiro atoms. The van der Waals surface area contributed by atoms with Crippen LogP contribution in [-0.4, -0.2) is 38.4 Å². The average molecular weight is 696 g/mol. The first-order valence-corrected chi connectivity index (χ1v) is 21.8. The van der Waals surface area contributed by atoms with Gasteiger partial charge in [0.15, 0.2) is 6.10 Å². The Morgan fingerprint density at radius 1 is 0.625 bits per heavy atom. The molecule has 0 bridgehead atoms. The van der Waals surface area contributed by atoms with E-state index in [-0.39, 0.29) is 12.6 Å². The van der Waals surface area contributed by atoms with Crippen LogP contribution in [0.25, 0.3) is 0 Å². The number of esters is 1. The third-order valence-corrected chi connectivity index (χ3v) is 10.4. The highest BCUT2D eigenvalue weighted by atomic mass is 31.2. The van der Waals surface area contributed by atoms with Crippen molar-refractivity contribution in [2.24, 2.45) is 0 Å². The van der Waals surface area contributed by atoms with Gasteiger partial charge in [-0.05, 0) is 51.0 Å². The van der Waals surface area contributed by atoms with Crippen LogP contribution in [0.5, 0.6) is 0 Å². The van der Waals surface area contributed by atoms with Crippen molar-refractivity contribution in [2.45, 2.75) is 206 Å². The van der Waals surface area contributed by atoms with Crippen molar-refractivity contribution >= 4 is 14.5 Å². The molecule has 0 saturated carbocycles. The largest absolute Gasteiger partial charge is 0.498 e. The SMILES string of the molecule is CCCCCCCC/C=C\CCCCCCCC(=O)OC(CO/C=C\CCCCCCCCCCCCCCCC)COP1NCCO1. The fourth-order valence-electron chi connectivity index (χ4n) is 6.00. The van der Waals surface area contributed by atoms with E-state index in [9.17, 15) is 4.79 Å². The van der Waals surface area contributed by atoms with Crippen molar-refractivity contribution in [2.75, 3.05) is 26.4 Å². The van der Waals surface area contributed by atoms with Gasteiger partial charge in [0.25, 0.3) is 8.53 Å². The van der Waals surface area contributed by atoms with Gasteiger partial charge in [-0.2, -0.15) is 0 Å². The van der Waals surface area contributed by atoms with Gasteiger partial charge >= 0.3 is 5.97 Å². The standard InChI is InChI=1S/C41H78NO5P/c1-3-5-7-9-11-13-15-17-19-21-23-25-27-29-31-33-36-44-38-40(39-46-48-42-35-37-45-48)47-41(43)34-32-30-28-26-24-22-20-18-16-14-12-10-8-6-4-2/h18,20,33,36,40,42H,3-17,19,21-32,34-35,37-39H2,1-2H3/b20-18-,36-33-. The van der Waals surface area contributed by atoms with E-state index in [0.29, 0.717) is 19.6 Å². The summed E-state index contributed by atoms with van der Waals surface area (Å²) in [5.74, 6) is -0.163. The average Bonchev–Trinajstić information content (AvgIpc) is 3.62. The van der Waals surface area contributed by atoms with E-state index in [1.54, 1.807) is 6.26 Å². The molecule has 1 fully saturated rings. The molecule has 48 heavy (non-hydrogen) atoms. The Bertz CT molecular complexity index is 728. The quantitative estimate of drug-likeness (QED) is 0.0229. The van der Waals surface area contributed by atoms with Gasteiger partial charge in [0, 0.05) is 13.0 Å². The van der Waals surface area contributed by atoms with Crippen molar-refractivity contribution in [1.82, 2.24) is 5.09 Å². The van der Waals surface area contributed by atoms with Crippen LogP contribution < -0.4 is 5.09 Å². The molecule has 0 aliphatic carbocycles. The minimum atomic E-state index is -1.09. The van der Waals surface area contributed by atoms with E-state index < -0.39 is 14.6 Å². The lowest BCUT2D eigenvalue weighted by molar-refractivity contribution is -0.153. The molecule has 1 N–H and O–H groups in total. The van der Waals surface area contributed by atoms with Crippen LogP contribution in [0.1, 0.15) is 200 Å². The van der Waals surface area contributed by atoms with Gasteiger partial charge in [0.2, 0.25) is 0 Å². The van der Waals surface area contributed by atoms with Gasteiger partial charge in [-0.15, -0.1) is 0 Å². The predicted octanol–water partition coefficient (Wildman–Crippen LogP) is 13.2. The summed E-state index contributed by atoms with van der Waals surface area (Å²) in [7, 11) is -1.09. The summed E-state index contributed by atoms with van der Waals surface area (Å²) < 4.78 is 22.9. The summed E-state index contributed by atoms with van der Waals surface area (Å²) in [6, 6.07) is 0. The molecule has 7 heteroatoms. The Kier molecular flexibility index (Phi) is 35.0. The third kappa shape index (κ3) is 32.3. The van der Waals surface area contributed by atoms with Crippen molar-refractivity contribution in [1.29, 1.82) is 0 Å². The van der Waals surface area contributed by atoms with Gasteiger partial charge in [0.05, 0.1) is 19.5 Å². The number of hydrogen-bond acceptors (Lipinski definition) is 6. The maximum atomic E-state index is 12.6. The second-order valence-electron chi connectivity index (χ2n) is 13.8. The molecule has 0 radical (unpaired) electrons.